The molecule has 0 spiro atoms. The van der Waals surface area contributed by atoms with Crippen molar-refractivity contribution < 1.29 is 10.2 Å². The van der Waals surface area contributed by atoms with Crippen LogP contribution in [-0.2, 0) is 0 Å². The maximum Gasteiger partial charge on any atom is 0.132 e. The summed E-state index contributed by atoms with van der Waals surface area (Å²) in [7, 11) is 0. The zero-order valence-corrected chi connectivity index (χ0v) is 15.1. The smallest absolute Gasteiger partial charge is 0.132 e. The highest BCUT2D eigenvalue weighted by atomic mass is 35.5. The Kier molecular flexibility index (Phi) is 13.7. The van der Waals surface area contributed by atoms with Crippen molar-refractivity contribution in [3.63, 3.8) is 0 Å². The van der Waals surface area contributed by atoms with Crippen LogP contribution in [0.3, 0.4) is 0 Å². The quantitative estimate of drug-likeness (QED) is 0.218. The van der Waals surface area contributed by atoms with Crippen LogP contribution in [0.25, 0.3) is 0 Å². The minimum absolute atomic E-state index is 0. The van der Waals surface area contributed by atoms with Gasteiger partial charge in [0.1, 0.15) is 22.7 Å². The number of nitrogens with zero attached hydrogens (tertiary/aromatic N) is 2. The van der Waals surface area contributed by atoms with Crippen LogP contribution in [0, 0.1) is 10.8 Å². The summed E-state index contributed by atoms with van der Waals surface area (Å²) >= 11 is 0. The number of halogens is 2. The van der Waals surface area contributed by atoms with Gasteiger partial charge in [0, 0.05) is 13.1 Å². The van der Waals surface area contributed by atoms with Crippen molar-refractivity contribution in [2.24, 2.45) is 10.2 Å². The number of aliphatic hydroxyl groups excluding tert-OH is 2. The van der Waals surface area contributed by atoms with Crippen molar-refractivity contribution in [3.8, 4) is 0 Å². The van der Waals surface area contributed by atoms with Gasteiger partial charge in [-0.2, -0.15) is 10.2 Å². The van der Waals surface area contributed by atoms with Crippen molar-refractivity contribution in [2.75, 3.05) is 26.3 Å². The molecule has 22 heavy (non-hydrogen) atoms. The molecule has 8 nitrogen and oxygen atoms in total. The van der Waals surface area contributed by atoms with Gasteiger partial charge < -0.3 is 20.8 Å². The van der Waals surface area contributed by atoms with Crippen LogP contribution in [0.2, 0.25) is 0 Å². The minimum atomic E-state index is -0.857. The first-order valence-electron chi connectivity index (χ1n) is 6.49. The van der Waals surface area contributed by atoms with Crippen LogP contribution in [-0.4, -0.2) is 59.3 Å². The van der Waals surface area contributed by atoms with Gasteiger partial charge in [-0.05, 0) is 27.7 Å². The van der Waals surface area contributed by atoms with Gasteiger partial charge in [-0.15, -0.1) is 24.8 Å². The molecule has 10 heteroatoms. The van der Waals surface area contributed by atoms with Crippen LogP contribution >= 0.6 is 24.8 Å². The van der Waals surface area contributed by atoms with E-state index in [4.69, 9.17) is 21.0 Å². The number of amidine groups is 2. The number of hydrogen-bond donors (Lipinski definition) is 6. The fourth-order valence-corrected chi connectivity index (χ4v) is 1.14. The Bertz CT molecular complexity index is 341. The van der Waals surface area contributed by atoms with Gasteiger partial charge >= 0.3 is 0 Å². The molecular formula is C12H28Cl2N6O2. The van der Waals surface area contributed by atoms with E-state index in [1.807, 2.05) is 0 Å². The molecular weight excluding hydrogens is 331 g/mol. The third-order valence-electron chi connectivity index (χ3n) is 2.60. The molecule has 0 saturated carbocycles. The average Bonchev–Trinajstić information content (AvgIpc) is 2.39. The van der Waals surface area contributed by atoms with Crippen LogP contribution in [0.1, 0.15) is 27.7 Å². The molecule has 0 fully saturated rings. The maximum absolute atomic E-state index is 8.73. The molecule has 0 aromatic rings. The van der Waals surface area contributed by atoms with E-state index in [-0.39, 0.29) is 62.8 Å². The largest absolute Gasteiger partial charge is 0.395 e. The molecule has 0 atom stereocenters. The van der Waals surface area contributed by atoms with Crippen LogP contribution in [0.15, 0.2) is 10.2 Å². The average molecular weight is 359 g/mol. The summed E-state index contributed by atoms with van der Waals surface area (Å²) in [4.78, 5) is 0. The third kappa shape index (κ3) is 9.14. The monoisotopic (exact) mass is 358 g/mol. The van der Waals surface area contributed by atoms with E-state index >= 15 is 0 Å². The molecule has 0 bridgehead atoms. The number of aliphatic hydroxyl groups is 2. The van der Waals surface area contributed by atoms with E-state index in [1.54, 1.807) is 27.7 Å². The number of nitrogens with one attached hydrogen (secondary N) is 4. The highest BCUT2D eigenvalue weighted by Gasteiger charge is 2.28. The standard InChI is InChI=1S/C12H26N6O2.2ClH/c1-11(2,9(13)15-5-7-19)17-18-12(3,4)10(14)16-6-8-20;;/h19-20H,5-8H2,1-4H3,(H2,13,15)(H2,14,16);2*1H/b18-17+;;. The second kappa shape index (κ2) is 11.6. The Morgan fingerprint density at radius 1 is 0.818 bits per heavy atom. The van der Waals surface area contributed by atoms with Crippen molar-refractivity contribution in [3.05, 3.63) is 0 Å². The van der Waals surface area contributed by atoms with Crippen LogP contribution in [0.4, 0.5) is 0 Å². The van der Waals surface area contributed by atoms with Gasteiger partial charge in [-0.3, -0.25) is 10.8 Å². The lowest BCUT2D eigenvalue weighted by Gasteiger charge is -2.25. The van der Waals surface area contributed by atoms with Crippen molar-refractivity contribution in [1.82, 2.24) is 10.6 Å². The van der Waals surface area contributed by atoms with Gasteiger partial charge in [0.25, 0.3) is 0 Å². The van der Waals surface area contributed by atoms with E-state index in [0.29, 0.717) is 0 Å². The predicted molar refractivity (Wildman–Crippen MR) is 93.1 cm³/mol. The number of hydrogen-bond acceptors (Lipinski definition) is 6. The normalized spacial score (nSPS) is 11.4. The number of azo groups is 1. The van der Waals surface area contributed by atoms with E-state index in [2.05, 4.69) is 20.9 Å². The van der Waals surface area contributed by atoms with Crippen molar-refractivity contribution >= 4 is 36.5 Å². The Hall–Kier alpha value is -0.960. The second-order valence-corrected chi connectivity index (χ2v) is 5.37. The molecule has 0 radical (unpaired) electrons. The molecule has 0 heterocycles. The molecule has 0 amide bonds. The first kappa shape index (κ1) is 26.0. The fraction of sp³-hybridized carbons (Fsp3) is 0.833. The minimum Gasteiger partial charge on any atom is -0.395 e. The summed E-state index contributed by atoms with van der Waals surface area (Å²) in [6.45, 7) is 7.36. The second-order valence-electron chi connectivity index (χ2n) is 5.37. The highest BCUT2D eigenvalue weighted by Crippen LogP contribution is 2.16. The highest BCUT2D eigenvalue weighted by molar-refractivity contribution is 5.89. The Morgan fingerprint density at radius 3 is 1.32 bits per heavy atom. The maximum atomic E-state index is 8.73. The van der Waals surface area contributed by atoms with Crippen molar-refractivity contribution in [1.29, 1.82) is 10.8 Å². The first-order valence-corrected chi connectivity index (χ1v) is 6.49. The van der Waals surface area contributed by atoms with E-state index in [1.165, 1.54) is 0 Å². The molecule has 0 unspecified atom stereocenters. The van der Waals surface area contributed by atoms with Gasteiger partial charge in [0.15, 0.2) is 0 Å². The van der Waals surface area contributed by atoms with Gasteiger partial charge in [0.2, 0.25) is 0 Å². The molecule has 0 aromatic carbocycles. The lowest BCUT2D eigenvalue weighted by atomic mass is 10.0. The zero-order chi connectivity index (χ0) is 15.8. The summed E-state index contributed by atoms with van der Waals surface area (Å²) in [6, 6.07) is 0. The Morgan fingerprint density at radius 2 is 1.09 bits per heavy atom. The van der Waals surface area contributed by atoms with Crippen LogP contribution in [0.5, 0.6) is 0 Å². The molecule has 0 aromatic heterocycles. The topological polar surface area (TPSA) is 137 Å². The summed E-state index contributed by atoms with van der Waals surface area (Å²) in [5, 5.41) is 46.9. The van der Waals surface area contributed by atoms with Crippen LogP contribution < -0.4 is 10.6 Å². The lowest BCUT2D eigenvalue weighted by Crippen LogP contribution is -2.43. The van der Waals surface area contributed by atoms with Crippen molar-refractivity contribution in [2.45, 2.75) is 38.8 Å². The van der Waals surface area contributed by atoms with E-state index < -0.39 is 11.1 Å². The summed E-state index contributed by atoms with van der Waals surface area (Å²) in [6.07, 6.45) is 0. The molecule has 0 aliphatic carbocycles. The lowest BCUT2D eigenvalue weighted by molar-refractivity contribution is 0.298. The SMILES string of the molecule is CC(C)(/N=N/C(C)(C)C(=N)NCCO)C(=N)NCCO.Cl.Cl. The molecule has 6 N–H and O–H groups in total. The summed E-state index contributed by atoms with van der Waals surface area (Å²) in [5.74, 6) is 0.307. The van der Waals surface area contributed by atoms with Gasteiger partial charge in [0.05, 0.1) is 13.2 Å². The Labute approximate surface area is 144 Å². The molecule has 0 aliphatic rings. The molecule has 0 aliphatic heterocycles. The van der Waals surface area contributed by atoms with Gasteiger partial charge in [-0.25, -0.2) is 0 Å². The summed E-state index contributed by atoms with van der Waals surface area (Å²) < 4.78 is 0. The Balaban J connectivity index is -0.00000180. The zero-order valence-electron chi connectivity index (χ0n) is 13.4. The number of rotatable bonds is 8. The molecule has 0 saturated heterocycles. The molecule has 0 rings (SSSR count). The van der Waals surface area contributed by atoms with E-state index in [0.717, 1.165) is 0 Å². The third-order valence-corrected chi connectivity index (χ3v) is 2.60. The molecule has 132 valence electrons. The first-order chi connectivity index (χ1) is 9.17. The summed E-state index contributed by atoms with van der Waals surface area (Å²) in [5.41, 5.74) is -1.71. The predicted octanol–water partition coefficient (Wildman–Crippen LogP) is 0.958. The fourth-order valence-electron chi connectivity index (χ4n) is 1.14. The van der Waals surface area contributed by atoms with E-state index in [9.17, 15) is 0 Å². The van der Waals surface area contributed by atoms with Gasteiger partial charge in [-0.1, -0.05) is 0 Å².